The summed E-state index contributed by atoms with van der Waals surface area (Å²) in [6, 6.07) is 5.52. The summed E-state index contributed by atoms with van der Waals surface area (Å²) in [5.41, 5.74) is 1.85. The zero-order chi connectivity index (χ0) is 22.1. The third-order valence-electron chi connectivity index (χ3n) is 5.74. The molecule has 1 saturated heterocycles. The molecule has 1 unspecified atom stereocenters. The first kappa shape index (κ1) is 20.8. The number of urea groups is 1. The van der Waals surface area contributed by atoms with Crippen LogP contribution in [0.1, 0.15) is 24.8 Å². The number of amides is 5. The summed E-state index contributed by atoms with van der Waals surface area (Å²) in [7, 11) is 1.68. The quantitative estimate of drug-likeness (QED) is 0.694. The Balaban J connectivity index is 1.43. The lowest BCUT2D eigenvalue weighted by atomic mass is 10.0. The van der Waals surface area contributed by atoms with Crippen LogP contribution < -0.4 is 10.2 Å². The van der Waals surface area contributed by atoms with E-state index >= 15 is 0 Å². The highest BCUT2D eigenvalue weighted by molar-refractivity contribution is 6.39. The smallest absolute Gasteiger partial charge is 0.355 e. The van der Waals surface area contributed by atoms with Crippen LogP contribution in [0.15, 0.2) is 41.0 Å². The fourth-order valence-electron chi connectivity index (χ4n) is 4.08. The summed E-state index contributed by atoms with van der Waals surface area (Å²) < 4.78 is 0. The van der Waals surface area contributed by atoms with E-state index < -0.39 is 18.0 Å². The molecule has 3 heterocycles. The number of anilines is 1. The van der Waals surface area contributed by atoms with Crippen molar-refractivity contribution in [2.75, 3.05) is 31.6 Å². The normalized spacial score (nSPS) is 20.8. The van der Waals surface area contributed by atoms with Crippen molar-refractivity contribution >= 4 is 35.2 Å². The van der Waals surface area contributed by atoms with Crippen LogP contribution in [0.5, 0.6) is 0 Å². The van der Waals surface area contributed by atoms with Gasteiger partial charge in [-0.15, -0.1) is 0 Å². The highest BCUT2D eigenvalue weighted by Crippen LogP contribution is 2.28. The van der Waals surface area contributed by atoms with Crippen LogP contribution in [0.2, 0.25) is 0 Å². The fraction of sp³-hybridized carbons (Fsp3) is 0.409. The van der Waals surface area contributed by atoms with Crippen molar-refractivity contribution in [1.29, 1.82) is 0 Å². The minimum Gasteiger partial charge on any atom is -0.363 e. The Labute approximate surface area is 180 Å². The molecule has 0 aromatic heterocycles. The SMILES string of the molecule is Cc1ccc(N2C(=O)N=C3C(C(=O)NCCCN4CCCC4=O)=CN(C)C3C2=O)cc1. The number of nitrogens with zero attached hydrogens (tertiary/aromatic N) is 4. The molecule has 31 heavy (non-hydrogen) atoms. The van der Waals surface area contributed by atoms with Crippen molar-refractivity contribution in [3.63, 3.8) is 0 Å². The molecule has 162 valence electrons. The Morgan fingerprint density at radius 3 is 2.61 bits per heavy atom. The van der Waals surface area contributed by atoms with Crippen LogP contribution in [0, 0.1) is 6.92 Å². The lowest BCUT2D eigenvalue weighted by Crippen LogP contribution is -2.54. The minimum atomic E-state index is -0.818. The number of benzene rings is 1. The number of likely N-dealkylation sites (tertiary alicyclic amines) is 1. The van der Waals surface area contributed by atoms with Crippen LogP contribution in [-0.4, -0.2) is 72.0 Å². The second kappa shape index (κ2) is 8.33. The van der Waals surface area contributed by atoms with E-state index in [1.165, 1.54) is 0 Å². The van der Waals surface area contributed by atoms with Gasteiger partial charge in [0.2, 0.25) is 5.91 Å². The molecule has 0 radical (unpaired) electrons. The van der Waals surface area contributed by atoms with Gasteiger partial charge in [0, 0.05) is 39.3 Å². The summed E-state index contributed by atoms with van der Waals surface area (Å²) >= 11 is 0. The van der Waals surface area contributed by atoms with Crippen LogP contribution in [0.3, 0.4) is 0 Å². The van der Waals surface area contributed by atoms with Gasteiger partial charge in [0.1, 0.15) is 0 Å². The lowest BCUT2D eigenvalue weighted by Gasteiger charge is -2.30. The molecule has 0 bridgehead atoms. The Bertz CT molecular complexity index is 998. The third-order valence-corrected chi connectivity index (χ3v) is 5.74. The van der Waals surface area contributed by atoms with Crippen molar-refractivity contribution in [2.24, 2.45) is 4.99 Å². The average Bonchev–Trinajstić information content (AvgIpc) is 3.29. The predicted octanol–water partition coefficient (Wildman–Crippen LogP) is 1.23. The predicted molar refractivity (Wildman–Crippen MR) is 115 cm³/mol. The van der Waals surface area contributed by atoms with E-state index in [2.05, 4.69) is 10.3 Å². The van der Waals surface area contributed by atoms with Gasteiger partial charge in [-0.2, -0.15) is 4.99 Å². The van der Waals surface area contributed by atoms with Crippen molar-refractivity contribution in [2.45, 2.75) is 32.2 Å². The molecular formula is C22H25N5O4. The summed E-state index contributed by atoms with van der Waals surface area (Å²) in [6.07, 6.45) is 3.66. The molecule has 0 spiro atoms. The van der Waals surface area contributed by atoms with Crippen molar-refractivity contribution in [3.05, 3.63) is 41.6 Å². The van der Waals surface area contributed by atoms with E-state index in [-0.39, 0.29) is 23.1 Å². The average molecular weight is 423 g/mol. The number of hydrogen-bond donors (Lipinski definition) is 1. The number of likely N-dealkylation sites (N-methyl/N-ethyl adjacent to an activating group) is 1. The van der Waals surface area contributed by atoms with Gasteiger partial charge in [-0.1, -0.05) is 17.7 Å². The zero-order valence-corrected chi connectivity index (χ0v) is 17.6. The summed E-state index contributed by atoms with van der Waals surface area (Å²) in [5, 5.41) is 2.81. The number of rotatable bonds is 6. The number of aryl methyl sites for hydroxylation is 1. The molecule has 1 aromatic rings. The molecular weight excluding hydrogens is 398 g/mol. The topological polar surface area (TPSA) is 102 Å². The van der Waals surface area contributed by atoms with E-state index in [0.29, 0.717) is 31.6 Å². The molecule has 1 N–H and O–H groups in total. The van der Waals surface area contributed by atoms with E-state index in [9.17, 15) is 19.2 Å². The number of hydrogen-bond acceptors (Lipinski definition) is 5. The van der Waals surface area contributed by atoms with E-state index in [1.807, 2.05) is 19.1 Å². The number of aliphatic imine (C=N–C) groups is 1. The standard InChI is InChI=1S/C22H25N5O4/c1-14-6-8-15(9-7-14)27-21(30)19-18(24-22(27)31)16(13-25(19)2)20(29)23-10-4-12-26-11-3-5-17(26)28/h6-9,13,19H,3-5,10-12H2,1-2H3,(H,23,29). The minimum absolute atomic E-state index is 0.154. The maximum Gasteiger partial charge on any atom is 0.355 e. The van der Waals surface area contributed by atoms with Crippen LogP contribution in [0.25, 0.3) is 0 Å². The van der Waals surface area contributed by atoms with Crippen LogP contribution in [-0.2, 0) is 14.4 Å². The first-order chi connectivity index (χ1) is 14.9. The molecule has 3 aliphatic heterocycles. The Morgan fingerprint density at radius 2 is 1.94 bits per heavy atom. The summed E-state index contributed by atoms with van der Waals surface area (Å²) in [4.78, 5) is 58.6. The molecule has 0 saturated carbocycles. The fourth-order valence-corrected chi connectivity index (χ4v) is 4.08. The van der Waals surface area contributed by atoms with Crippen LogP contribution >= 0.6 is 0 Å². The second-order valence-electron chi connectivity index (χ2n) is 7.99. The van der Waals surface area contributed by atoms with Gasteiger partial charge >= 0.3 is 6.03 Å². The van der Waals surface area contributed by atoms with Gasteiger partial charge in [0.25, 0.3) is 11.8 Å². The molecule has 3 aliphatic rings. The first-order valence-electron chi connectivity index (χ1n) is 10.4. The van der Waals surface area contributed by atoms with Crippen molar-refractivity contribution in [3.8, 4) is 0 Å². The maximum atomic E-state index is 13.1. The summed E-state index contributed by atoms with van der Waals surface area (Å²) in [6.45, 7) is 3.68. The number of imide groups is 1. The van der Waals surface area contributed by atoms with Gasteiger partial charge in [-0.3, -0.25) is 14.4 Å². The molecule has 9 heteroatoms. The molecule has 0 aliphatic carbocycles. The molecule has 1 aromatic carbocycles. The first-order valence-corrected chi connectivity index (χ1v) is 10.4. The Hall–Kier alpha value is -3.49. The third kappa shape index (κ3) is 3.95. The monoisotopic (exact) mass is 423 g/mol. The largest absolute Gasteiger partial charge is 0.363 e. The van der Waals surface area contributed by atoms with E-state index in [4.69, 9.17) is 0 Å². The number of fused-ring (bicyclic) bond motifs is 1. The number of carbonyl (C=O) groups is 4. The molecule has 5 amide bonds. The maximum absolute atomic E-state index is 13.1. The molecule has 9 nitrogen and oxygen atoms in total. The van der Waals surface area contributed by atoms with Gasteiger partial charge in [-0.05, 0) is 31.9 Å². The molecule has 1 fully saturated rings. The van der Waals surface area contributed by atoms with Gasteiger partial charge in [-0.25, -0.2) is 9.69 Å². The number of carbonyl (C=O) groups excluding carboxylic acids is 4. The van der Waals surface area contributed by atoms with Crippen molar-refractivity contribution < 1.29 is 19.2 Å². The number of nitrogens with one attached hydrogen (secondary N) is 1. The van der Waals surface area contributed by atoms with Crippen LogP contribution in [0.4, 0.5) is 10.5 Å². The molecule has 1 atom stereocenters. The Kier molecular flexibility index (Phi) is 5.58. The Morgan fingerprint density at radius 1 is 1.19 bits per heavy atom. The zero-order valence-electron chi connectivity index (χ0n) is 17.6. The van der Waals surface area contributed by atoms with Crippen molar-refractivity contribution in [1.82, 2.24) is 15.1 Å². The van der Waals surface area contributed by atoms with Gasteiger partial charge < -0.3 is 15.1 Å². The summed E-state index contributed by atoms with van der Waals surface area (Å²) in [5.74, 6) is -0.667. The molecule has 4 rings (SSSR count). The van der Waals surface area contributed by atoms with E-state index in [1.54, 1.807) is 35.2 Å². The highest BCUT2D eigenvalue weighted by Gasteiger charge is 2.46. The second-order valence-corrected chi connectivity index (χ2v) is 7.99. The van der Waals surface area contributed by atoms with E-state index in [0.717, 1.165) is 23.4 Å². The van der Waals surface area contributed by atoms with Gasteiger partial charge in [0.15, 0.2) is 6.04 Å². The lowest BCUT2D eigenvalue weighted by molar-refractivity contribution is -0.127. The highest BCUT2D eigenvalue weighted by atomic mass is 16.2. The van der Waals surface area contributed by atoms with Gasteiger partial charge in [0.05, 0.1) is 17.0 Å².